The first kappa shape index (κ1) is 20.1. The number of amides is 1. The Morgan fingerprint density at radius 3 is 2.87 bits per heavy atom. The highest BCUT2D eigenvalue weighted by Crippen LogP contribution is 2.31. The van der Waals surface area contributed by atoms with Crippen LogP contribution >= 0.6 is 11.3 Å². The second-order valence-corrected chi connectivity index (χ2v) is 9.26. The quantitative estimate of drug-likeness (QED) is 0.681. The fourth-order valence-electron chi connectivity index (χ4n) is 4.52. The van der Waals surface area contributed by atoms with Crippen molar-refractivity contribution in [2.45, 2.75) is 45.3 Å². The van der Waals surface area contributed by atoms with Crippen molar-refractivity contribution in [3.05, 3.63) is 79.4 Å². The predicted octanol–water partition coefficient (Wildman–Crippen LogP) is 3.07. The monoisotopic (exact) mass is 435 g/mol. The molecule has 8 heteroatoms. The highest BCUT2D eigenvalue weighted by atomic mass is 32.1. The molecular weight excluding hydrogens is 410 g/mol. The third-order valence-corrected chi connectivity index (χ3v) is 7.27. The molecule has 0 unspecified atom stereocenters. The van der Waals surface area contributed by atoms with E-state index in [0.29, 0.717) is 24.5 Å². The summed E-state index contributed by atoms with van der Waals surface area (Å²) in [5.41, 5.74) is 3.48. The van der Waals surface area contributed by atoms with Crippen LogP contribution in [0.15, 0.2) is 40.8 Å². The minimum atomic E-state index is -0.189. The fourth-order valence-corrected chi connectivity index (χ4v) is 5.46. The lowest BCUT2D eigenvalue weighted by Crippen LogP contribution is -2.37. The number of nitrogens with zero attached hydrogens (tertiary/aromatic N) is 4. The number of aromatic amines is 1. The van der Waals surface area contributed by atoms with E-state index in [1.54, 1.807) is 35.9 Å². The van der Waals surface area contributed by atoms with Crippen LogP contribution in [0.25, 0.3) is 0 Å². The van der Waals surface area contributed by atoms with Crippen molar-refractivity contribution in [1.29, 1.82) is 0 Å². The average Bonchev–Trinajstić information content (AvgIpc) is 3.43. The van der Waals surface area contributed by atoms with Gasteiger partial charge in [0.05, 0.1) is 17.3 Å². The van der Waals surface area contributed by atoms with Gasteiger partial charge in [-0.1, -0.05) is 0 Å². The zero-order valence-corrected chi connectivity index (χ0v) is 18.3. The summed E-state index contributed by atoms with van der Waals surface area (Å²) >= 11 is 1.76. The molecule has 2 aliphatic heterocycles. The van der Waals surface area contributed by atoms with E-state index in [0.717, 1.165) is 43.6 Å². The molecule has 0 spiro atoms. The maximum absolute atomic E-state index is 13.0. The van der Waals surface area contributed by atoms with Crippen molar-refractivity contribution in [2.24, 2.45) is 0 Å². The lowest BCUT2D eigenvalue weighted by Gasteiger charge is -2.29. The number of carbonyl (C=O) groups is 1. The van der Waals surface area contributed by atoms with Crippen molar-refractivity contribution < 1.29 is 4.79 Å². The zero-order chi connectivity index (χ0) is 21.4. The topological polar surface area (TPSA) is 82.2 Å². The molecule has 3 aromatic heterocycles. The molecular formula is C23H25N5O2S. The zero-order valence-electron chi connectivity index (χ0n) is 17.5. The van der Waals surface area contributed by atoms with E-state index >= 15 is 0 Å². The Labute approximate surface area is 184 Å². The Morgan fingerprint density at radius 2 is 2.10 bits per heavy atom. The number of hydrogen-bond donors (Lipinski definition) is 1. The van der Waals surface area contributed by atoms with Crippen LogP contribution in [-0.4, -0.2) is 43.7 Å². The van der Waals surface area contributed by atoms with Crippen molar-refractivity contribution in [1.82, 2.24) is 24.8 Å². The molecule has 2 aliphatic rings. The third kappa shape index (κ3) is 3.93. The average molecular weight is 436 g/mol. The molecule has 5 rings (SSSR count). The van der Waals surface area contributed by atoms with Gasteiger partial charge in [-0.15, -0.1) is 11.3 Å². The van der Waals surface area contributed by atoms with Gasteiger partial charge in [-0.05, 0) is 48.9 Å². The lowest BCUT2D eigenvalue weighted by molar-refractivity contribution is 0.0729. The summed E-state index contributed by atoms with van der Waals surface area (Å²) in [5, 5.41) is 2.11. The van der Waals surface area contributed by atoms with Crippen LogP contribution in [0.3, 0.4) is 0 Å². The Morgan fingerprint density at radius 1 is 1.26 bits per heavy atom. The molecule has 5 heterocycles. The van der Waals surface area contributed by atoms with E-state index in [2.05, 4.69) is 33.2 Å². The van der Waals surface area contributed by atoms with Gasteiger partial charge < -0.3 is 9.88 Å². The number of nitrogens with one attached hydrogen (secondary N) is 1. The van der Waals surface area contributed by atoms with E-state index in [4.69, 9.17) is 4.98 Å². The van der Waals surface area contributed by atoms with Gasteiger partial charge in [-0.25, -0.2) is 4.98 Å². The number of pyridine rings is 1. The maximum Gasteiger partial charge on any atom is 0.255 e. The Hall–Kier alpha value is -2.84. The molecule has 0 saturated carbocycles. The van der Waals surface area contributed by atoms with E-state index in [1.165, 1.54) is 10.4 Å². The fraction of sp³-hybridized carbons (Fsp3) is 0.391. The summed E-state index contributed by atoms with van der Waals surface area (Å²) in [4.78, 5) is 43.3. The smallest absolute Gasteiger partial charge is 0.255 e. The van der Waals surface area contributed by atoms with Gasteiger partial charge in [-0.3, -0.25) is 19.5 Å². The molecule has 1 N–H and O–H groups in total. The molecule has 0 radical (unpaired) electrons. The summed E-state index contributed by atoms with van der Waals surface area (Å²) in [6, 6.07) is 5.40. The van der Waals surface area contributed by atoms with E-state index < -0.39 is 0 Å². The number of thiophene rings is 1. The Balaban J connectivity index is 1.37. The number of aryl methyl sites for hydroxylation is 1. The SMILES string of the molecule is Cc1ccsc1CN1CCc2nc([C@@H]3CCCN3C(=O)c3ccncc3)[nH]c(=O)c2C1. The van der Waals surface area contributed by atoms with E-state index in [9.17, 15) is 9.59 Å². The van der Waals surface area contributed by atoms with Crippen LogP contribution in [0.2, 0.25) is 0 Å². The highest BCUT2D eigenvalue weighted by Gasteiger charge is 2.33. The number of hydrogen-bond acceptors (Lipinski definition) is 6. The number of H-pyrrole nitrogens is 1. The molecule has 7 nitrogen and oxygen atoms in total. The number of carbonyl (C=O) groups excluding carboxylic acids is 1. The Bertz CT molecular complexity index is 1160. The molecule has 1 atom stereocenters. The maximum atomic E-state index is 13.0. The van der Waals surface area contributed by atoms with Crippen molar-refractivity contribution >= 4 is 17.2 Å². The van der Waals surface area contributed by atoms with Crippen LogP contribution in [-0.2, 0) is 19.5 Å². The number of aromatic nitrogens is 3. The standard InChI is InChI=1S/C23H25N5O2S/c1-15-7-12-31-20(15)14-27-11-6-18-17(13-27)22(29)26-21(25-18)19-3-2-10-28(19)23(30)16-4-8-24-9-5-16/h4-5,7-9,12,19H,2-3,6,10-11,13-14H2,1H3,(H,25,26,29)/t19-/m0/s1. The molecule has 0 aromatic carbocycles. The van der Waals surface area contributed by atoms with Crippen LogP contribution in [0, 0.1) is 6.92 Å². The van der Waals surface area contributed by atoms with Gasteiger partial charge in [0.2, 0.25) is 0 Å². The second-order valence-electron chi connectivity index (χ2n) is 8.26. The minimum absolute atomic E-state index is 0.0391. The minimum Gasteiger partial charge on any atom is -0.328 e. The summed E-state index contributed by atoms with van der Waals surface area (Å²) in [6.07, 6.45) is 5.71. The highest BCUT2D eigenvalue weighted by molar-refractivity contribution is 7.10. The van der Waals surface area contributed by atoms with Crippen LogP contribution in [0.5, 0.6) is 0 Å². The van der Waals surface area contributed by atoms with Crippen LogP contribution in [0.4, 0.5) is 0 Å². The van der Waals surface area contributed by atoms with Crippen molar-refractivity contribution in [3.63, 3.8) is 0 Å². The van der Waals surface area contributed by atoms with Gasteiger partial charge >= 0.3 is 0 Å². The second kappa shape index (κ2) is 8.36. The predicted molar refractivity (Wildman–Crippen MR) is 119 cm³/mol. The summed E-state index contributed by atoms with van der Waals surface area (Å²) in [7, 11) is 0. The summed E-state index contributed by atoms with van der Waals surface area (Å²) in [6.45, 7) is 5.15. The van der Waals surface area contributed by atoms with E-state index in [1.807, 2.05) is 4.90 Å². The number of rotatable bonds is 4. The largest absolute Gasteiger partial charge is 0.328 e. The first-order chi connectivity index (χ1) is 15.1. The van der Waals surface area contributed by atoms with Gasteiger partial charge in [0.15, 0.2) is 0 Å². The molecule has 1 saturated heterocycles. The van der Waals surface area contributed by atoms with Crippen molar-refractivity contribution in [3.8, 4) is 0 Å². The molecule has 160 valence electrons. The number of fused-ring (bicyclic) bond motifs is 1. The van der Waals surface area contributed by atoms with Crippen molar-refractivity contribution in [2.75, 3.05) is 13.1 Å². The normalized spacial score (nSPS) is 18.9. The molecule has 1 amide bonds. The van der Waals surface area contributed by atoms with E-state index in [-0.39, 0.29) is 17.5 Å². The van der Waals surface area contributed by atoms with Crippen LogP contribution in [0.1, 0.15) is 56.8 Å². The molecule has 3 aromatic rings. The van der Waals surface area contributed by atoms with Gasteiger partial charge in [0.1, 0.15) is 5.82 Å². The molecule has 31 heavy (non-hydrogen) atoms. The Kier molecular flexibility index (Phi) is 5.41. The third-order valence-electron chi connectivity index (χ3n) is 6.26. The lowest BCUT2D eigenvalue weighted by atomic mass is 10.1. The first-order valence-corrected chi connectivity index (χ1v) is 11.6. The van der Waals surface area contributed by atoms with Gasteiger partial charge in [-0.2, -0.15) is 0 Å². The van der Waals surface area contributed by atoms with Gasteiger partial charge in [0, 0.05) is 55.4 Å². The van der Waals surface area contributed by atoms with Gasteiger partial charge in [0.25, 0.3) is 11.5 Å². The molecule has 0 aliphatic carbocycles. The summed E-state index contributed by atoms with van der Waals surface area (Å²) in [5.74, 6) is 0.578. The molecule has 1 fully saturated rings. The summed E-state index contributed by atoms with van der Waals surface area (Å²) < 4.78 is 0. The first-order valence-electron chi connectivity index (χ1n) is 10.7. The van der Waals surface area contributed by atoms with Crippen LogP contribution < -0.4 is 5.56 Å². The number of likely N-dealkylation sites (tertiary alicyclic amines) is 1. The molecule has 0 bridgehead atoms.